The summed E-state index contributed by atoms with van der Waals surface area (Å²) in [4.78, 5) is 19.7. The van der Waals surface area contributed by atoms with Gasteiger partial charge in [-0.2, -0.15) is 28.1 Å². The summed E-state index contributed by atoms with van der Waals surface area (Å²) < 4.78 is 52.8. The number of anilines is 3. The van der Waals surface area contributed by atoms with Gasteiger partial charge in [-0.3, -0.25) is 4.57 Å². The van der Waals surface area contributed by atoms with Crippen LogP contribution in [0, 0.1) is 0 Å². The van der Waals surface area contributed by atoms with Crippen molar-refractivity contribution in [3.63, 3.8) is 0 Å². The van der Waals surface area contributed by atoms with Gasteiger partial charge in [0.25, 0.3) is 0 Å². The van der Waals surface area contributed by atoms with Gasteiger partial charge in [-0.15, -0.1) is 0 Å². The lowest BCUT2D eigenvalue weighted by Crippen LogP contribution is -2.11. The van der Waals surface area contributed by atoms with Crippen LogP contribution in [0.25, 0.3) is 17.0 Å². The van der Waals surface area contributed by atoms with Gasteiger partial charge < -0.3 is 11.1 Å². The average molecular weight is 404 g/mol. The van der Waals surface area contributed by atoms with Crippen molar-refractivity contribution in [1.82, 2.24) is 29.5 Å². The molecule has 0 saturated heterocycles. The Kier molecular flexibility index (Phi) is 4.45. The van der Waals surface area contributed by atoms with Crippen LogP contribution in [0.5, 0.6) is 0 Å². The Labute approximate surface area is 160 Å². The summed E-state index contributed by atoms with van der Waals surface area (Å²) in [7, 11) is 0. The van der Waals surface area contributed by atoms with Crippen LogP contribution in [-0.4, -0.2) is 29.5 Å². The molecule has 0 unspecified atom stereocenters. The number of aromatic nitrogens is 6. The number of halogens is 4. The molecule has 1 aromatic carbocycles. The van der Waals surface area contributed by atoms with E-state index in [1.807, 2.05) is 0 Å². The number of benzene rings is 1. The second-order valence-corrected chi connectivity index (χ2v) is 5.86. The summed E-state index contributed by atoms with van der Waals surface area (Å²) >= 11 is 0. The summed E-state index contributed by atoms with van der Waals surface area (Å²) in [6.07, 6.45) is -3.56. The molecule has 0 atom stereocenters. The molecule has 0 fully saturated rings. The van der Waals surface area contributed by atoms with Gasteiger partial charge in [0.05, 0.1) is 22.9 Å². The predicted molar refractivity (Wildman–Crippen MR) is 96.2 cm³/mol. The third kappa shape index (κ3) is 3.63. The topological polar surface area (TPSA) is 107 Å². The molecule has 12 heteroatoms. The Balaban J connectivity index is 1.72. The SMILES string of the molecule is Nc1nc(Nc2ccc(C(F)(F)F)nc2)nc(-n2c(CF)nc3ccccc32)n1. The number of para-hydroxylation sites is 2. The molecule has 0 spiro atoms. The van der Waals surface area contributed by atoms with Crippen LogP contribution in [0.3, 0.4) is 0 Å². The fourth-order valence-electron chi connectivity index (χ4n) is 2.69. The minimum atomic E-state index is -4.55. The highest BCUT2D eigenvalue weighted by Crippen LogP contribution is 2.28. The minimum Gasteiger partial charge on any atom is -0.368 e. The Bertz CT molecular complexity index is 1170. The molecule has 4 aromatic rings. The van der Waals surface area contributed by atoms with Crippen LogP contribution >= 0.6 is 0 Å². The third-order valence-electron chi connectivity index (χ3n) is 3.90. The third-order valence-corrected chi connectivity index (χ3v) is 3.90. The van der Waals surface area contributed by atoms with Gasteiger partial charge in [-0.25, -0.2) is 14.4 Å². The molecule has 0 aliphatic heterocycles. The number of rotatable bonds is 4. The standard InChI is InChI=1S/C17H12F4N8/c18-7-13-25-10-3-1-2-4-11(10)29(13)16-27-14(22)26-15(28-16)24-9-5-6-12(23-8-9)17(19,20)21/h1-6,8H,7H2,(H3,22,24,26,27,28). The summed E-state index contributed by atoms with van der Waals surface area (Å²) in [5.41, 5.74) is 6.02. The number of nitrogens with zero attached hydrogens (tertiary/aromatic N) is 6. The molecule has 148 valence electrons. The number of pyridine rings is 1. The van der Waals surface area contributed by atoms with Crippen molar-refractivity contribution in [2.24, 2.45) is 0 Å². The summed E-state index contributed by atoms with van der Waals surface area (Å²) in [6.45, 7) is -0.869. The first-order valence-corrected chi connectivity index (χ1v) is 8.19. The van der Waals surface area contributed by atoms with Gasteiger partial charge in [-0.1, -0.05) is 12.1 Å². The van der Waals surface area contributed by atoms with Gasteiger partial charge >= 0.3 is 6.18 Å². The molecular weight excluding hydrogens is 392 g/mol. The lowest BCUT2D eigenvalue weighted by molar-refractivity contribution is -0.141. The average Bonchev–Trinajstić information content (AvgIpc) is 3.06. The zero-order chi connectivity index (χ0) is 20.6. The smallest absolute Gasteiger partial charge is 0.368 e. The van der Waals surface area contributed by atoms with Crippen molar-refractivity contribution >= 4 is 28.6 Å². The molecule has 0 aliphatic rings. The quantitative estimate of drug-likeness (QED) is 0.502. The first-order chi connectivity index (χ1) is 13.8. The maximum absolute atomic E-state index is 13.5. The Morgan fingerprint density at radius 1 is 1.00 bits per heavy atom. The van der Waals surface area contributed by atoms with E-state index in [1.54, 1.807) is 24.3 Å². The maximum Gasteiger partial charge on any atom is 0.433 e. The Hall–Kier alpha value is -3.83. The van der Waals surface area contributed by atoms with E-state index in [4.69, 9.17) is 5.73 Å². The highest BCUT2D eigenvalue weighted by molar-refractivity contribution is 5.77. The number of nitrogen functional groups attached to an aromatic ring is 1. The van der Waals surface area contributed by atoms with Crippen molar-refractivity contribution in [2.75, 3.05) is 11.1 Å². The fraction of sp³-hybridized carbons (Fsp3) is 0.118. The van der Waals surface area contributed by atoms with Gasteiger partial charge in [0, 0.05) is 0 Å². The Morgan fingerprint density at radius 3 is 2.48 bits per heavy atom. The van der Waals surface area contributed by atoms with E-state index < -0.39 is 18.5 Å². The van der Waals surface area contributed by atoms with E-state index in [1.165, 1.54) is 10.6 Å². The molecule has 8 nitrogen and oxygen atoms in total. The van der Waals surface area contributed by atoms with E-state index in [9.17, 15) is 17.6 Å². The van der Waals surface area contributed by atoms with Crippen LogP contribution in [0.4, 0.5) is 35.1 Å². The molecule has 0 saturated carbocycles. The van der Waals surface area contributed by atoms with Gasteiger partial charge in [0.2, 0.25) is 17.8 Å². The highest BCUT2D eigenvalue weighted by atomic mass is 19.4. The predicted octanol–water partition coefficient (Wildman–Crippen LogP) is 3.42. The monoisotopic (exact) mass is 404 g/mol. The molecule has 0 aliphatic carbocycles. The second-order valence-electron chi connectivity index (χ2n) is 5.86. The number of imidazole rings is 1. The normalized spacial score (nSPS) is 11.7. The van der Waals surface area contributed by atoms with E-state index in [-0.39, 0.29) is 29.4 Å². The van der Waals surface area contributed by atoms with E-state index in [0.717, 1.165) is 12.3 Å². The largest absolute Gasteiger partial charge is 0.433 e. The first kappa shape index (κ1) is 18.5. The van der Waals surface area contributed by atoms with Gasteiger partial charge in [0.1, 0.15) is 18.2 Å². The van der Waals surface area contributed by atoms with E-state index in [2.05, 4.69) is 30.2 Å². The highest BCUT2D eigenvalue weighted by Gasteiger charge is 2.32. The molecule has 3 heterocycles. The number of nitrogens with one attached hydrogen (secondary N) is 1. The van der Waals surface area contributed by atoms with Crippen LogP contribution in [0.1, 0.15) is 11.5 Å². The molecular formula is C17H12F4N8. The minimum absolute atomic E-state index is 0.0150. The second kappa shape index (κ2) is 6.96. The van der Waals surface area contributed by atoms with Crippen LogP contribution < -0.4 is 11.1 Å². The molecule has 0 radical (unpaired) electrons. The lowest BCUT2D eigenvalue weighted by atomic mass is 10.3. The summed E-state index contributed by atoms with van der Waals surface area (Å²) in [5, 5.41) is 2.71. The molecule has 29 heavy (non-hydrogen) atoms. The molecule has 0 bridgehead atoms. The van der Waals surface area contributed by atoms with Crippen LogP contribution in [0.15, 0.2) is 42.6 Å². The molecule has 4 rings (SSSR count). The zero-order valence-electron chi connectivity index (χ0n) is 14.5. The van der Waals surface area contributed by atoms with Crippen molar-refractivity contribution in [2.45, 2.75) is 12.9 Å². The van der Waals surface area contributed by atoms with Crippen molar-refractivity contribution in [1.29, 1.82) is 0 Å². The van der Waals surface area contributed by atoms with Gasteiger partial charge in [0.15, 0.2) is 0 Å². The first-order valence-electron chi connectivity index (χ1n) is 8.19. The van der Waals surface area contributed by atoms with Crippen molar-refractivity contribution in [3.8, 4) is 5.95 Å². The summed E-state index contributed by atoms with van der Waals surface area (Å²) in [6, 6.07) is 8.93. The Morgan fingerprint density at radius 2 is 1.79 bits per heavy atom. The lowest BCUT2D eigenvalue weighted by Gasteiger charge is -2.10. The number of hydrogen-bond acceptors (Lipinski definition) is 7. The van der Waals surface area contributed by atoms with Crippen LogP contribution in [-0.2, 0) is 12.9 Å². The van der Waals surface area contributed by atoms with Crippen molar-refractivity contribution < 1.29 is 17.6 Å². The molecule has 3 aromatic heterocycles. The zero-order valence-corrected chi connectivity index (χ0v) is 14.5. The van der Waals surface area contributed by atoms with Gasteiger partial charge in [-0.05, 0) is 24.3 Å². The molecule has 3 N–H and O–H groups in total. The molecule has 0 amide bonds. The number of alkyl halides is 4. The van der Waals surface area contributed by atoms with Crippen LogP contribution in [0.2, 0.25) is 0 Å². The maximum atomic E-state index is 13.5. The number of hydrogen-bond donors (Lipinski definition) is 2. The van der Waals surface area contributed by atoms with Crippen molar-refractivity contribution in [3.05, 3.63) is 54.1 Å². The summed E-state index contributed by atoms with van der Waals surface area (Å²) in [5.74, 6) is -0.128. The fourth-order valence-corrected chi connectivity index (χ4v) is 2.69. The number of fused-ring (bicyclic) bond motifs is 1. The number of nitrogens with two attached hydrogens (primary N) is 1. The van der Waals surface area contributed by atoms with E-state index >= 15 is 0 Å². The van der Waals surface area contributed by atoms with E-state index in [0.29, 0.717) is 11.0 Å².